The molecule has 1 atom stereocenters. The van der Waals surface area contributed by atoms with Crippen LogP contribution in [0.3, 0.4) is 0 Å². The van der Waals surface area contributed by atoms with Crippen molar-refractivity contribution in [3.63, 3.8) is 0 Å². The molecule has 0 saturated carbocycles. The van der Waals surface area contributed by atoms with Crippen LogP contribution < -0.4 is 10.5 Å². The highest BCUT2D eigenvalue weighted by Crippen LogP contribution is 2.39. The number of furan rings is 1. The van der Waals surface area contributed by atoms with Crippen LogP contribution in [0.2, 0.25) is 0 Å². The number of rotatable bonds is 6. The number of aliphatic hydroxyl groups is 1. The molecule has 6 nitrogen and oxygen atoms in total. The molecule has 0 saturated heterocycles. The molecule has 9 heteroatoms. The highest BCUT2D eigenvalue weighted by atomic mass is 19.4. The van der Waals surface area contributed by atoms with Gasteiger partial charge in [-0.2, -0.15) is 13.2 Å². The van der Waals surface area contributed by atoms with E-state index in [0.717, 1.165) is 6.20 Å². The SMILES string of the molecule is Cc1oc2ccc(OCc3cccnc3C(F)(F)F)c(C(C)CO)c2c1C(N)=O. The zero-order valence-electron chi connectivity index (χ0n) is 15.7. The van der Waals surface area contributed by atoms with Crippen molar-refractivity contribution in [2.45, 2.75) is 32.5 Å². The predicted molar refractivity (Wildman–Crippen MR) is 98.5 cm³/mol. The summed E-state index contributed by atoms with van der Waals surface area (Å²) < 4.78 is 50.8. The number of benzene rings is 1. The summed E-state index contributed by atoms with van der Waals surface area (Å²) in [7, 11) is 0. The van der Waals surface area contributed by atoms with E-state index in [2.05, 4.69) is 4.98 Å². The number of aromatic nitrogens is 1. The molecule has 0 spiro atoms. The molecule has 0 aliphatic rings. The van der Waals surface area contributed by atoms with Gasteiger partial charge in [0.2, 0.25) is 0 Å². The van der Waals surface area contributed by atoms with Crippen LogP contribution in [-0.2, 0) is 12.8 Å². The van der Waals surface area contributed by atoms with Crippen LogP contribution in [0, 0.1) is 6.92 Å². The lowest BCUT2D eigenvalue weighted by molar-refractivity contribution is -0.142. The van der Waals surface area contributed by atoms with Gasteiger partial charge in [0.1, 0.15) is 23.7 Å². The number of aliphatic hydroxyl groups excluding tert-OH is 1. The number of nitrogens with two attached hydrogens (primary N) is 1. The summed E-state index contributed by atoms with van der Waals surface area (Å²) in [4.78, 5) is 15.3. The van der Waals surface area contributed by atoms with Crippen LogP contribution >= 0.6 is 0 Å². The maximum atomic E-state index is 13.2. The Hall–Kier alpha value is -3.07. The molecule has 29 heavy (non-hydrogen) atoms. The largest absolute Gasteiger partial charge is 0.489 e. The van der Waals surface area contributed by atoms with Gasteiger partial charge in [0.05, 0.1) is 5.56 Å². The monoisotopic (exact) mass is 408 g/mol. The van der Waals surface area contributed by atoms with Crippen LogP contribution in [0.5, 0.6) is 5.75 Å². The minimum Gasteiger partial charge on any atom is -0.489 e. The summed E-state index contributed by atoms with van der Waals surface area (Å²) in [6.07, 6.45) is -3.56. The lowest BCUT2D eigenvalue weighted by Gasteiger charge is -2.18. The molecule has 2 aromatic heterocycles. The van der Waals surface area contributed by atoms with Gasteiger partial charge >= 0.3 is 6.18 Å². The fraction of sp³-hybridized carbons (Fsp3) is 0.300. The molecule has 0 bridgehead atoms. The number of aryl methyl sites for hydroxylation is 1. The van der Waals surface area contributed by atoms with Crippen molar-refractivity contribution in [2.75, 3.05) is 6.61 Å². The fourth-order valence-corrected chi connectivity index (χ4v) is 3.28. The van der Waals surface area contributed by atoms with E-state index in [4.69, 9.17) is 14.9 Å². The molecule has 2 heterocycles. The van der Waals surface area contributed by atoms with Gasteiger partial charge in [0.15, 0.2) is 5.69 Å². The number of halogens is 3. The van der Waals surface area contributed by atoms with Gasteiger partial charge in [-0.15, -0.1) is 0 Å². The quantitative estimate of drug-likeness (QED) is 0.644. The van der Waals surface area contributed by atoms with E-state index in [1.165, 1.54) is 18.2 Å². The van der Waals surface area contributed by atoms with Crippen molar-refractivity contribution in [1.29, 1.82) is 0 Å². The maximum Gasteiger partial charge on any atom is 0.433 e. The second-order valence-corrected chi connectivity index (χ2v) is 6.63. The Morgan fingerprint density at radius 1 is 1.34 bits per heavy atom. The number of hydrogen-bond acceptors (Lipinski definition) is 5. The Morgan fingerprint density at radius 3 is 2.69 bits per heavy atom. The third-order valence-corrected chi connectivity index (χ3v) is 4.59. The molecular weight excluding hydrogens is 389 g/mol. The third-order valence-electron chi connectivity index (χ3n) is 4.59. The average molecular weight is 408 g/mol. The third kappa shape index (κ3) is 3.91. The first kappa shape index (κ1) is 20.7. The molecule has 3 N–H and O–H groups in total. The number of amides is 1. The van der Waals surface area contributed by atoms with Crippen LogP contribution in [0.4, 0.5) is 13.2 Å². The summed E-state index contributed by atoms with van der Waals surface area (Å²) in [6.45, 7) is 2.60. The van der Waals surface area contributed by atoms with E-state index in [1.54, 1.807) is 19.9 Å². The van der Waals surface area contributed by atoms with Gasteiger partial charge < -0.3 is 20.0 Å². The summed E-state index contributed by atoms with van der Waals surface area (Å²) in [6, 6.07) is 5.74. The van der Waals surface area contributed by atoms with Crippen LogP contribution in [0.15, 0.2) is 34.9 Å². The number of primary amides is 1. The van der Waals surface area contributed by atoms with Gasteiger partial charge in [0.25, 0.3) is 5.91 Å². The summed E-state index contributed by atoms with van der Waals surface area (Å²) in [5.74, 6) is -0.668. The van der Waals surface area contributed by atoms with Crippen molar-refractivity contribution in [2.24, 2.45) is 5.73 Å². The molecule has 1 unspecified atom stereocenters. The topological polar surface area (TPSA) is 98.6 Å². The Labute approximate surface area is 164 Å². The number of carbonyl (C=O) groups excluding carboxylic acids is 1. The van der Waals surface area contributed by atoms with Crippen molar-refractivity contribution < 1.29 is 32.2 Å². The van der Waals surface area contributed by atoms with Gasteiger partial charge in [-0.1, -0.05) is 13.0 Å². The number of fused-ring (bicyclic) bond motifs is 1. The highest BCUT2D eigenvalue weighted by Gasteiger charge is 2.35. The van der Waals surface area contributed by atoms with Crippen LogP contribution in [0.1, 0.15) is 45.8 Å². The molecule has 1 aromatic carbocycles. The zero-order chi connectivity index (χ0) is 21.3. The standard InChI is InChI=1S/C20H19F3N2O4/c1-10(8-26)15-13(5-6-14-17(15)16(19(24)27)11(2)29-14)28-9-12-4-3-7-25-18(12)20(21,22)23/h3-7,10,26H,8-9H2,1-2H3,(H2,24,27). The van der Waals surface area contributed by atoms with E-state index in [-0.39, 0.29) is 23.5 Å². The lowest BCUT2D eigenvalue weighted by atomic mass is 9.94. The molecule has 0 fully saturated rings. The van der Waals surface area contributed by atoms with Crippen molar-refractivity contribution in [1.82, 2.24) is 4.98 Å². The number of hydrogen-bond donors (Lipinski definition) is 2. The fourth-order valence-electron chi connectivity index (χ4n) is 3.28. The first-order valence-corrected chi connectivity index (χ1v) is 8.75. The predicted octanol–water partition coefficient (Wildman–Crippen LogP) is 3.93. The summed E-state index contributed by atoms with van der Waals surface area (Å²) in [5, 5.41) is 10.1. The van der Waals surface area contributed by atoms with Crippen molar-refractivity contribution in [3.8, 4) is 5.75 Å². The van der Waals surface area contributed by atoms with Crippen molar-refractivity contribution >= 4 is 16.9 Å². The first-order chi connectivity index (χ1) is 13.6. The Kier molecular flexibility index (Phi) is 5.52. The van der Waals surface area contributed by atoms with Crippen LogP contribution in [0.25, 0.3) is 11.0 Å². The Bertz CT molecular complexity index is 1060. The molecule has 0 aliphatic carbocycles. The van der Waals surface area contributed by atoms with Gasteiger partial charge in [-0.3, -0.25) is 9.78 Å². The Balaban J connectivity index is 2.09. The molecular formula is C20H19F3N2O4. The molecule has 3 aromatic rings. The smallest absolute Gasteiger partial charge is 0.433 e. The number of carbonyl (C=O) groups is 1. The molecule has 3 rings (SSSR count). The molecule has 0 aliphatic heterocycles. The number of alkyl halides is 3. The Morgan fingerprint density at radius 2 is 2.07 bits per heavy atom. The highest BCUT2D eigenvalue weighted by molar-refractivity contribution is 6.08. The number of pyridine rings is 1. The van der Waals surface area contributed by atoms with E-state index >= 15 is 0 Å². The average Bonchev–Trinajstić information content (AvgIpc) is 3.00. The molecule has 1 amide bonds. The van der Waals surface area contributed by atoms with Crippen molar-refractivity contribution in [3.05, 3.63) is 58.6 Å². The minimum atomic E-state index is -4.62. The summed E-state index contributed by atoms with van der Waals surface area (Å²) >= 11 is 0. The molecule has 0 radical (unpaired) electrons. The van der Waals surface area contributed by atoms with E-state index in [0.29, 0.717) is 22.3 Å². The first-order valence-electron chi connectivity index (χ1n) is 8.75. The normalized spacial score (nSPS) is 12.9. The van der Waals surface area contributed by atoms with E-state index < -0.39 is 30.3 Å². The minimum absolute atomic E-state index is 0.138. The maximum absolute atomic E-state index is 13.2. The summed E-state index contributed by atoms with van der Waals surface area (Å²) in [5.41, 5.74) is 5.27. The number of nitrogens with zero attached hydrogens (tertiary/aromatic N) is 1. The second-order valence-electron chi connectivity index (χ2n) is 6.63. The lowest BCUT2D eigenvalue weighted by Crippen LogP contribution is -2.15. The van der Waals surface area contributed by atoms with E-state index in [1.807, 2.05) is 0 Å². The molecule has 154 valence electrons. The van der Waals surface area contributed by atoms with Gasteiger partial charge in [0, 0.05) is 35.2 Å². The second kappa shape index (κ2) is 7.75. The zero-order valence-corrected chi connectivity index (χ0v) is 15.7. The van der Waals surface area contributed by atoms with Crippen LogP contribution in [-0.4, -0.2) is 22.6 Å². The van der Waals surface area contributed by atoms with E-state index in [9.17, 15) is 23.1 Å². The number of ether oxygens (including phenoxy) is 1. The van der Waals surface area contributed by atoms with Gasteiger partial charge in [-0.05, 0) is 25.1 Å². The van der Waals surface area contributed by atoms with Gasteiger partial charge in [-0.25, -0.2) is 0 Å².